The van der Waals surface area contributed by atoms with E-state index in [0.29, 0.717) is 5.75 Å². The molecular formula is C16H14O. The van der Waals surface area contributed by atoms with Crippen molar-refractivity contribution >= 4 is 21.5 Å². The van der Waals surface area contributed by atoms with E-state index in [2.05, 4.69) is 38.1 Å². The van der Waals surface area contributed by atoms with Gasteiger partial charge in [0.05, 0.1) is 0 Å². The van der Waals surface area contributed by atoms with Crippen LogP contribution in [-0.2, 0) is 0 Å². The number of phenolic OH excluding ortho intramolecular Hbond substituents is 1. The summed E-state index contributed by atoms with van der Waals surface area (Å²) in [5.74, 6) is 0.321. The standard InChI is InChI=1S/C16H14O/c1-10-3-4-11(2)16-14(10)7-5-12-9-13(17)6-8-15(12)16/h3-9,17H,1-2H3. The molecule has 0 atom stereocenters. The number of phenols is 1. The van der Waals surface area contributed by atoms with Crippen LogP contribution in [0.1, 0.15) is 11.1 Å². The maximum atomic E-state index is 9.53. The van der Waals surface area contributed by atoms with Gasteiger partial charge in [-0.15, -0.1) is 0 Å². The smallest absolute Gasteiger partial charge is 0.116 e. The average Bonchev–Trinajstić information content (AvgIpc) is 2.32. The van der Waals surface area contributed by atoms with E-state index in [0.717, 1.165) is 5.39 Å². The predicted octanol–water partition coefficient (Wildman–Crippen LogP) is 4.32. The van der Waals surface area contributed by atoms with Gasteiger partial charge in [0.25, 0.3) is 0 Å². The quantitative estimate of drug-likeness (QED) is 0.562. The lowest BCUT2D eigenvalue weighted by Gasteiger charge is -2.09. The van der Waals surface area contributed by atoms with Gasteiger partial charge in [0.1, 0.15) is 5.75 Å². The van der Waals surface area contributed by atoms with Crippen LogP contribution in [0.25, 0.3) is 21.5 Å². The molecule has 0 heterocycles. The van der Waals surface area contributed by atoms with Crippen molar-refractivity contribution in [2.24, 2.45) is 0 Å². The molecule has 1 heteroatoms. The van der Waals surface area contributed by atoms with Gasteiger partial charge in [0.2, 0.25) is 0 Å². The summed E-state index contributed by atoms with van der Waals surface area (Å²) in [5, 5.41) is 14.4. The summed E-state index contributed by atoms with van der Waals surface area (Å²) in [7, 11) is 0. The van der Waals surface area contributed by atoms with Gasteiger partial charge >= 0.3 is 0 Å². The molecule has 0 saturated heterocycles. The third-order valence-electron chi connectivity index (χ3n) is 3.41. The summed E-state index contributed by atoms with van der Waals surface area (Å²) in [6.45, 7) is 4.27. The second-order valence-corrected chi connectivity index (χ2v) is 4.59. The van der Waals surface area contributed by atoms with Crippen LogP contribution < -0.4 is 0 Å². The average molecular weight is 222 g/mol. The van der Waals surface area contributed by atoms with Crippen LogP contribution in [0.3, 0.4) is 0 Å². The highest BCUT2D eigenvalue weighted by molar-refractivity contribution is 6.10. The first-order valence-corrected chi connectivity index (χ1v) is 5.78. The van der Waals surface area contributed by atoms with Crippen molar-refractivity contribution in [3.05, 3.63) is 53.6 Å². The van der Waals surface area contributed by atoms with Gasteiger partial charge in [-0.25, -0.2) is 0 Å². The molecule has 1 N–H and O–H groups in total. The SMILES string of the molecule is Cc1ccc(C)c2c1ccc1cc(O)ccc12. The molecule has 3 aromatic rings. The molecule has 0 saturated carbocycles. The minimum Gasteiger partial charge on any atom is -0.508 e. The van der Waals surface area contributed by atoms with Crippen molar-refractivity contribution in [3.8, 4) is 5.75 Å². The van der Waals surface area contributed by atoms with Gasteiger partial charge in [0, 0.05) is 0 Å². The van der Waals surface area contributed by atoms with Crippen LogP contribution in [0.4, 0.5) is 0 Å². The molecule has 0 bridgehead atoms. The first-order valence-electron chi connectivity index (χ1n) is 5.78. The maximum absolute atomic E-state index is 9.53. The first kappa shape index (κ1) is 10.2. The number of rotatable bonds is 0. The van der Waals surface area contributed by atoms with Gasteiger partial charge in [-0.1, -0.05) is 30.3 Å². The molecule has 1 nitrogen and oxygen atoms in total. The Kier molecular flexibility index (Phi) is 2.08. The van der Waals surface area contributed by atoms with Crippen molar-refractivity contribution in [2.45, 2.75) is 13.8 Å². The molecule has 0 aliphatic heterocycles. The summed E-state index contributed by atoms with van der Waals surface area (Å²) in [4.78, 5) is 0. The predicted molar refractivity (Wildman–Crippen MR) is 72.6 cm³/mol. The Morgan fingerprint density at radius 2 is 1.47 bits per heavy atom. The van der Waals surface area contributed by atoms with Crippen molar-refractivity contribution in [2.75, 3.05) is 0 Å². The normalized spacial score (nSPS) is 11.2. The van der Waals surface area contributed by atoms with Crippen molar-refractivity contribution in [3.63, 3.8) is 0 Å². The van der Waals surface area contributed by atoms with Crippen LogP contribution in [0.15, 0.2) is 42.5 Å². The number of aromatic hydroxyl groups is 1. The molecule has 0 aromatic heterocycles. The lowest BCUT2D eigenvalue weighted by molar-refractivity contribution is 0.476. The highest BCUT2D eigenvalue weighted by atomic mass is 16.3. The Morgan fingerprint density at radius 1 is 0.765 bits per heavy atom. The topological polar surface area (TPSA) is 20.2 Å². The summed E-state index contributed by atoms with van der Waals surface area (Å²) < 4.78 is 0. The molecule has 0 aliphatic rings. The zero-order valence-corrected chi connectivity index (χ0v) is 9.99. The van der Waals surface area contributed by atoms with E-state index >= 15 is 0 Å². The van der Waals surface area contributed by atoms with Crippen LogP contribution >= 0.6 is 0 Å². The second kappa shape index (κ2) is 3.49. The van der Waals surface area contributed by atoms with Gasteiger partial charge < -0.3 is 5.11 Å². The van der Waals surface area contributed by atoms with Crippen molar-refractivity contribution in [1.82, 2.24) is 0 Å². The Labute approximate surface area is 100 Å². The van der Waals surface area contributed by atoms with Gasteiger partial charge in [-0.3, -0.25) is 0 Å². The molecule has 84 valence electrons. The number of hydrogen-bond donors (Lipinski definition) is 1. The number of hydrogen-bond acceptors (Lipinski definition) is 1. The third-order valence-corrected chi connectivity index (χ3v) is 3.41. The molecule has 0 amide bonds. The van der Waals surface area contributed by atoms with E-state index in [4.69, 9.17) is 0 Å². The van der Waals surface area contributed by atoms with Crippen molar-refractivity contribution in [1.29, 1.82) is 0 Å². The molecule has 0 spiro atoms. The third kappa shape index (κ3) is 1.47. The van der Waals surface area contributed by atoms with E-state index in [1.54, 1.807) is 6.07 Å². The Morgan fingerprint density at radius 3 is 2.29 bits per heavy atom. The fourth-order valence-electron chi connectivity index (χ4n) is 2.49. The molecule has 17 heavy (non-hydrogen) atoms. The number of benzene rings is 3. The molecule has 3 aromatic carbocycles. The molecule has 3 rings (SSSR count). The lowest BCUT2D eigenvalue weighted by atomic mass is 9.95. The summed E-state index contributed by atoms with van der Waals surface area (Å²) in [6, 6.07) is 14.1. The summed E-state index contributed by atoms with van der Waals surface area (Å²) in [5.41, 5.74) is 2.57. The molecule has 0 aliphatic carbocycles. The Hall–Kier alpha value is -2.02. The second-order valence-electron chi connectivity index (χ2n) is 4.59. The van der Waals surface area contributed by atoms with E-state index in [-0.39, 0.29) is 0 Å². The van der Waals surface area contributed by atoms with Crippen LogP contribution in [0.5, 0.6) is 5.75 Å². The molecular weight excluding hydrogens is 208 g/mol. The van der Waals surface area contributed by atoms with Gasteiger partial charge in [0.15, 0.2) is 0 Å². The van der Waals surface area contributed by atoms with Crippen molar-refractivity contribution < 1.29 is 5.11 Å². The lowest BCUT2D eigenvalue weighted by Crippen LogP contribution is -1.85. The summed E-state index contributed by atoms with van der Waals surface area (Å²) in [6.07, 6.45) is 0. The minimum absolute atomic E-state index is 0.321. The Bertz CT molecular complexity index is 726. The zero-order valence-electron chi connectivity index (χ0n) is 9.99. The monoisotopic (exact) mass is 222 g/mol. The zero-order chi connectivity index (χ0) is 12.0. The van der Waals surface area contributed by atoms with Gasteiger partial charge in [-0.05, 0) is 58.7 Å². The first-order chi connectivity index (χ1) is 8.16. The van der Waals surface area contributed by atoms with Crippen LogP contribution in [0.2, 0.25) is 0 Å². The Balaban J connectivity index is 2.59. The van der Waals surface area contributed by atoms with E-state index in [1.165, 1.54) is 27.3 Å². The van der Waals surface area contributed by atoms with Gasteiger partial charge in [-0.2, -0.15) is 0 Å². The number of fused-ring (bicyclic) bond motifs is 3. The highest BCUT2D eigenvalue weighted by Crippen LogP contribution is 2.31. The molecule has 0 unspecified atom stereocenters. The minimum atomic E-state index is 0.321. The van der Waals surface area contributed by atoms with Crippen LogP contribution in [0, 0.1) is 13.8 Å². The van der Waals surface area contributed by atoms with E-state index in [9.17, 15) is 5.11 Å². The van der Waals surface area contributed by atoms with E-state index < -0.39 is 0 Å². The largest absolute Gasteiger partial charge is 0.508 e. The highest BCUT2D eigenvalue weighted by Gasteiger charge is 2.05. The number of aryl methyl sites for hydroxylation is 2. The fraction of sp³-hybridized carbons (Fsp3) is 0.125. The fourth-order valence-corrected chi connectivity index (χ4v) is 2.49. The molecule has 0 radical (unpaired) electrons. The molecule has 0 fully saturated rings. The van der Waals surface area contributed by atoms with Crippen LogP contribution in [-0.4, -0.2) is 5.11 Å². The van der Waals surface area contributed by atoms with E-state index in [1.807, 2.05) is 12.1 Å². The summed E-state index contributed by atoms with van der Waals surface area (Å²) >= 11 is 0. The maximum Gasteiger partial charge on any atom is 0.116 e.